The largest absolute Gasteiger partial charge is 0.481 e. The summed E-state index contributed by atoms with van der Waals surface area (Å²) < 4.78 is 0. The van der Waals surface area contributed by atoms with E-state index in [0.29, 0.717) is 11.9 Å². The number of aliphatic carboxylic acids is 1. The minimum absolute atomic E-state index is 0.299. The van der Waals surface area contributed by atoms with Crippen LogP contribution in [0.1, 0.15) is 58.8 Å². The van der Waals surface area contributed by atoms with Crippen LogP contribution in [0.15, 0.2) is 6.07 Å². The Hall–Kier alpha value is -1.65. The number of carbonyl (C=O) groups is 1. The van der Waals surface area contributed by atoms with Crippen molar-refractivity contribution in [2.75, 3.05) is 5.32 Å². The molecule has 20 heavy (non-hydrogen) atoms. The van der Waals surface area contributed by atoms with Gasteiger partial charge in [-0.1, -0.05) is 13.8 Å². The quantitative estimate of drug-likeness (QED) is 0.865. The van der Waals surface area contributed by atoms with Gasteiger partial charge >= 0.3 is 5.97 Å². The number of aryl methyl sites for hydroxylation is 1. The highest BCUT2D eigenvalue weighted by Gasteiger charge is 2.44. The third-order valence-electron chi connectivity index (χ3n) is 3.99. The second-order valence-electron chi connectivity index (χ2n) is 6.59. The average Bonchev–Trinajstić information content (AvgIpc) is 2.26. The van der Waals surface area contributed by atoms with E-state index >= 15 is 0 Å². The zero-order chi connectivity index (χ0) is 15.7. The van der Waals surface area contributed by atoms with E-state index in [0.717, 1.165) is 11.4 Å². The van der Waals surface area contributed by atoms with Crippen molar-refractivity contribution < 1.29 is 9.90 Å². The molecule has 0 unspecified atom stereocenters. The lowest BCUT2D eigenvalue weighted by atomic mass is 9.74. The van der Waals surface area contributed by atoms with Crippen LogP contribution in [0.25, 0.3) is 0 Å². The molecular formula is C15H25N3O2. The summed E-state index contributed by atoms with van der Waals surface area (Å²) in [6, 6.07) is 1.95. The summed E-state index contributed by atoms with van der Waals surface area (Å²) >= 11 is 0. The van der Waals surface area contributed by atoms with Gasteiger partial charge in [0.15, 0.2) is 0 Å². The molecule has 5 heteroatoms. The molecule has 0 aliphatic rings. The first kappa shape index (κ1) is 16.4. The smallest absolute Gasteiger partial charge is 0.311 e. The van der Waals surface area contributed by atoms with E-state index < -0.39 is 16.9 Å². The number of anilines is 1. The molecule has 0 aromatic carbocycles. The van der Waals surface area contributed by atoms with Crippen molar-refractivity contribution >= 4 is 11.9 Å². The normalized spacial score (nSPS) is 12.6. The fourth-order valence-corrected chi connectivity index (χ4v) is 1.65. The van der Waals surface area contributed by atoms with Gasteiger partial charge in [0, 0.05) is 11.4 Å². The van der Waals surface area contributed by atoms with Crippen LogP contribution in [0.2, 0.25) is 0 Å². The number of carboxylic acid groups (broad SMARTS) is 1. The Labute approximate surface area is 120 Å². The van der Waals surface area contributed by atoms with Gasteiger partial charge in [0.2, 0.25) is 5.95 Å². The lowest BCUT2D eigenvalue weighted by Crippen LogP contribution is -2.51. The average molecular weight is 279 g/mol. The highest BCUT2D eigenvalue weighted by atomic mass is 16.4. The molecule has 1 aromatic rings. The topological polar surface area (TPSA) is 75.1 Å². The first-order chi connectivity index (χ1) is 8.97. The summed E-state index contributed by atoms with van der Waals surface area (Å²) in [5.74, 6) is -0.0763. The van der Waals surface area contributed by atoms with Crippen LogP contribution >= 0.6 is 0 Å². The monoisotopic (exact) mass is 279 g/mol. The van der Waals surface area contributed by atoms with Crippen LogP contribution in [0.4, 0.5) is 5.95 Å². The molecule has 112 valence electrons. The number of carboxylic acids is 1. The molecule has 0 aliphatic heterocycles. The van der Waals surface area contributed by atoms with Crippen molar-refractivity contribution in [3.63, 3.8) is 0 Å². The standard InChI is InChI=1S/C15H25N3O2/c1-9(2)11-8-10(3)16-13(17-11)18-15(6,7)14(4,5)12(19)20/h8-9H,1-7H3,(H,19,20)(H,16,17,18). The zero-order valence-electron chi connectivity index (χ0n) is 13.4. The molecule has 1 aromatic heterocycles. The lowest BCUT2D eigenvalue weighted by Gasteiger charge is -2.38. The lowest BCUT2D eigenvalue weighted by molar-refractivity contribution is -0.149. The van der Waals surface area contributed by atoms with Gasteiger partial charge < -0.3 is 10.4 Å². The van der Waals surface area contributed by atoms with Crippen molar-refractivity contribution in [2.24, 2.45) is 5.41 Å². The molecule has 5 nitrogen and oxygen atoms in total. The van der Waals surface area contributed by atoms with Crippen LogP contribution in [-0.4, -0.2) is 26.6 Å². The van der Waals surface area contributed by atoms with Gasteiger partial charge in [-0.2, -0.15) is 0 Å². The van der Waals surface area contributed by atoms with E-state index in [-0.39, 0.29) is 0 Å². The molecule has 0 aliphatic carbocycles. The second-order valence-corrected chi connectivity index (χ2v) is 6.59. The van der Waals surface area contributed by atoms with Crippen molar-refractivity contribution in [2.45, 2.75) is 59.9 Å². The zero-order valence-corrected chi connectivity index (χ0v) is 13.4. The second kappa shape index (κ2) is 5.38. The fraction of sp³-hybridized carbons (Fsp3) is 0.667. The van der Waals surface area contributed by atoms with E-state index in [1.165, 1.54) is 0 Å². The predicted octanol–water partition coefficient (Wildman–Crippen LogP) is 3.21. The number of nitrogens with zero attached hydrogens (tertiary/aromatic N) is 2. The highest BCUT2D eigenvalue weighted by molar-refractivity contribution is 5.76. The highest BCUT2D eigenvalue weighted by Crippen LogP contribution is 2.33. The molecule has 0 spiro atoms. The van der Waals surface area contributed by atoms with E-state index in [1.807, 2.05) is 26.8 Å². The summed E-state index contributed by atoms with van der Waals surface area (Å²) in [5, 5.41) is 12.5. The predicted molar refractivity (Wildman–Crippen MR) is 80.0 cm³/mol. The van der Waals surface area contributed by atoms with Gasteiger partial charge in [0.25, 0.3) is 0 Å². The third-order valence-corrected chi connectivity index (χ3v) is 3.99. The molecule has 0 saturated carbocycles. The Morgan fingerprint density at radius 1 is 1.25 bits per heavy atom. The molecule has 0 radical (unpaired) electrons. The molecule has 2 N–H and O–H groups in total. The Morgan fingerprint density at radius 2 is 1.80 bits per heavy atom. The molecule has 0 amide bonds. The summed E-state index contributed by atoms with van der Waals surface area (Å²) in [4.78, 5) is 20.3. The molecule has 1 heterocycles. The molecule has 0 atom stereocenters. The molecule has 0 saturated heterocycles. The number of rotatable bonds is 5. The summed E-state index contributed by atoms with van der Waals surface area (Å²) in [6.45, 7) is 13.1. The van der Waals surface area contributed by atoms with Crippen molar-refractivity contribution in [1.82, 2.24) is 9.97 Å². The maximum Gasteiger partial charge on any atom is 0.311 e. The van der Waals surface area contributed by atoms with Crippen LogP contribution in [0.5, 0.6) is 0 Å². The van der Waals surface area contributed by atoms with Crippen LogP contribution in [-0.2, 0) is 4.79 Å². The number of hydrogen-bond donors (Lipinski definition) is 2. The van der Waals surface area contributed by atoms with Gasteiger partial charge in [0.05, 0.1) is 11.0 Å². The Kier molecular flexibility index (Phi) is 4.42. The summed E-state index contributed by atoms with van der Waals surface area (Å²) in [7, 11) is 0. The van der Waals surface area contributed by atoms with Gasteiger partial charge in [0.1, 0.15) is 0 Å². The molecular weight excluding hydrogens is 254 g/mol. The first-order valence-corrected chi connectivity index (χ1v) is 6.84. The summed E-state index contributed by atoms with van der Waals surface area (Å²) in [5.41, 5.74) is 0.193. The molecule has 0 bridgehead atoms. The number of nitrogens with one attached hydrogen (secondary N) is 1. The van der Waals surface area contributed by atoms with Crippen LogP contribution in [0.3, 0.4) is 0 Å². The Bertz CT molecular complexity index is 508. The first-order valence-electron chi connectivity index (χ1n) is 6.84. The maximum atomic E-state index is 11.4. The minimum atomic E-state index is -0.946. The van der Waals surface area contributed by atoms with Crippen LogP contribution in [0, 0.1) is 12.3 Å². The van der Waals surface area contributed by atoms with Gasteiger partial charge in [-0.15, -0.1) is 0 Å². The van der Waals surface area contributed by atoms with E-state index in [4.69, 9.17) is 0 Å². The van der Waals surface area contributed by atoms with Crippen molar-refractivity contribution in [3.05, 3.63) is 17.5 Å². The third kappa shape index (κ3) is 3.26. The molecule has 1 rings (SSSR count). The van der Waals surface area contributed by atoms with E-state index in [9.17, 15) is 9.90 Å². The number of hydrogen-bond acceptors (Lipinski definition) is 4. The van der Waals surface area contributed by atoms with E-state index in [2.05, 4.69) is 29.1 Å². The summed E-state index contributed by atoms with van der Waals surface area (Å²) in [6.07, 6.45) is 0. The minimum Gasteiger partial charge on any atom is -0.481 e. The van der Waals surface area contributed by atoms with Gasteiger partial charge in [-0.05, 0) is 46.6 Å². The number of aromatic nitrogens is 2. The van der Waals surface area contributed by atoms with Crippen molar-refractivity contribution in [1.29, 1.82) is 0 Å². The van der Waals surface area contributed by atoms with Gasteiger partial charge in [-0.25, -0.2) is 9.97 Å². The van der Waals surface area contributed by atoms with E-state index in [1.54, 1.807) is 13.8 Å². The fourth-order valence-electron chi connectivity index (χ4n) is 1.65. The maximum absolute atomic E-state index is 11.4. The molecule has 0 fully saturated rings. The SMILES string of the molecule is Cc1cc(C(C)C)nc(NC(C)(C)C(C)(C)C(=O)O)n1. The Balaban J connectivity index is 3.12. The Morgan fingerprint density at radius 3 is 2.25 bits per heavy atom. The van der Waals surface area contributed by atoms with Gasteiger partial charge in [-0.3, -0.25) is 4.79 Å². The van der Waals surface area contributed by atoms with Crippen molar-refractivity contribution in [3.8, 4) is 0 Å². The van der Waals surface area contributed by atoms with Crippen LogP contribution < -0.4 is 5.32 Å².